The van der Waals surface area contributed by atoms with E-state index in [1.54, 1.807) is 6.07 Å². The van der Waals surface area contributed by atoms with Gasteiger partial charge in [-0.25, -0.2) is 0 Å². The molecule has 2 nitrogen and oxygen atoms in total. The number of benzene rings is 1. The minimum Gasteiger partial charge on any atom is -0.373 e. The molecule has 1 aromatic rings. The van der Waals surface area contributed by atoms with Crippen molar-refractivity contribution >= 4 is 0 Å². The van der Waals surface area contributed by atoms with Crippen molar-refractivity contribution in [2.45, 2.75) is 82.7 Å². The molecule has 25 heavy (non-hydrogen) atoms. The van der Waals surface area contributed by atoms with E-state index in [0.717, 1.165) is 37.8 Å². The van der Waals surface area contributed by atoms with Crippen LogP contribution in [0.4, 0.5) is 13.2 Å². The fraction of sp³-hybridized carbons (Fsp3) is 0.700. The van der Waals surface area contributed by atoms with Crippen LogP contribution in [0.15, 0.2) is 18.2 Å². The van der Waals surface area contributed by atoms with Crippen LogP contribution < -0.4 is 5.32 Å². The zero-order valence-corrected chi connectivity index (χ0v) is 14.9. The van der Waals surface area contributed by atoms with Gasteiger partial charge in [-0.05, 0) is 49.4 Å². The third kappa shape index (κ3) is 4.20. The van der Waals surface area contributed by atoms with Crippen molar-refractivity contribution < 1.29 is 17.9 Å². The van der Waals surface area contributed by atoms with E-state index < -0.39 is 11.7 Å². The van der Waals surface area contributed by atoms with Gasteiger partial charge >= 0.3 is 6.18 Å². The number of halogens is 3. The van der Waals surface area contributed by atoms with Crippen molar-refractivity contribution in [1.82, 2.24) is 5.32 Å². The normalized spacial score (nSPS) is 26.2. The van der Waals surface area contributed by atoms with E-state index in [9.17, 15) is 13.2 Å². The Morgan fingerprint density at radius 3 is 2.76 bits per heavy atom. The lowest BCUT2D eigenvalue weighted by Crippen LogP contribution is -2.47. The molecule has 1 heterocycles. The summed E-state index contributed by atoms with van der Waals surface area (Å²) in [5.74, 6) is 0.0333. The molecule has 0 unspecified atom stereocenters. The fourth-order valence-electron chi connectivity index (χ4n) is 4.36. The first-order chi connectivity index (χ1) is 12.0. The molecule has 140 valence electrons. The van der Waals surface area contributed by atoms with Crippen LogP contribution in [0.1, 0.15) is 74.5 Å². The van der Waals surface area contributed by atoms with Crippen molar-refractivity contribution in [2.24, 2.45) is 0 Å². The molecule has 2 aliphatic rings. The van der Waals surface area contributed by atoms with Gasteiger partial charge in [-0.1, -0.05) is 38.3 Å². The molecule has 1 aliphatic carbocycles. The van der Waals surface area contributed by atoms with Crippen LogP contribution in [-0.2, 0) is 17.5 Å². The van der Waals surface area contributed by atoms with Gasteiger partial charge in [0.15, 0.2) is 0 Å². The summed E-state index contributed by atoms with van der Waals surface area (Å²) in [5.41, 5.74) is 0.656. The highest BCUT2D eigenvalue weighted by atomic mass is 19.4. The quantitative estimate of drug-likeness (QED) is 0.689. The van der Waals surface area contributed by atoms with E-state index in [2.05, 4.69) is 12.2 Å². The molecule has 1 saturated carbocycles. The Hall–Kier alpha value is -1.07. The summed E-state index contributed by atoms with van der Waals surface area (Å²) >= 11 is 0. The Labute approximate surface area is 148 Å². The molecular weight excluding hydrogens is 327 g/mol. The third-order valence-electron chi connectivity index (χ3n) is 5.59. The molecule has 0 amide bonds. The first kappa shape index (κ1) is 18.7. The van der Waals surface area contributed by atoms with E-state index in [1.807, 2.05) is 6.07 Å². The van der Waals surface area contributed by atoms with Crippen molar-refractivity contribution in [3.63, 3.8) is 0 Å². The SMILES string of the molecule is CCCCCCN[C@@H]1CCC[C@H]2OCc3c(cccc3C(F)(F)F)[C@@H]12. The standard InChI is InChI=1S/C20H28F3NO/c1-2-3-4-5-12-24-17-10-7-11-18-19(17)14-8-6-9-16(20(21,22)23)15(14)13-25-18/h6,8-9,17-19,24H,2-5,7,10-13H2,1H3/t17-,18-,19+/m1/s1. The number of hydrogen-bond acceptors (Lipinski definition) is 2. The molecule has 0 spiro atoms. The zero-order chi connectivity index (χ0) is 17.9. The predicted molar refractivity (Wildman–Crippen MR) is 92.5 cm³/mol. The van der Waals surface area contributed by atoms with E-state index in [-0.39, 0.29) is 24.7 Å². The van der Waals surface area contributed by atoms with Crippen LogP contribution in [0.5, 0.6) is 0 Å². The van der Waals surface area contributed by atoms with Crippen molar-refractivity contribution in [3.8, 4) is 0 Å². The predicted octanol–water partition coefficient (Wildman–Crippen LogP) is 5.41. The molecule has 1 aliphatic heterocycles. The maximum absolute atomic E-state index is 13.3. The summed E-state index contributed by atoms with van der Waals surface area (Å²) in [5, 5.41) is 3.62. The van der Waals surface area contributed by atoms with Gasteiger partial charge in [0.25, 0.3) is 0 Å². The van der Waals surface area contributed by atoms with Gasteiger partial charge in [-0.15, -0.1) is 0 Å². The Kier molecular flexibility index (Phi) is 6.05. The molecule has 0 saturated heterocycles. The molecule has 0 bridgehead atoms. The van der Waals surface area contributed by atoms with Crippen molar-refractivity contribution in [1.29, 1.82) is 0 Å². The van der Waals surface area contributed by atoms with Crippen molar-refractivity contribution in [3.05, 3.63) is 34.9 Å². The first-order valence-electron chi connectivity index (χ1n) is 9.56. The second kappa shape index (κ2) is 8.09. The van der Waals surface area contributed by atoms with E-state index in [1.165, 1.54) is 25.3 Å². The lowest BCUT2D eigenvalue weighted by Gasteiger charge is -2.43. The fourth-order valence-corrected chi connectivity index (χ4v) is 4.36. The summed E-state index contributed by atoms with van der Waals surface area (Å²) in [6.45, 7) is 3.20. The largest absolute Gasteiger partial charge is 0.416 e. The molecule has 0 radical (unpaired) electrons. The average Bonchev–Trinajstić information content (AvgIpc) is 2.60. The molecule has 1 N–H and O–H groups in total. The summed E-state index contributed by atoms with van der Waals surface area (Å²) in [7, 11) is 0. The third-order valence-corrected chi connectivity index (χ3v) is 5.59. The number of nitrogens with one attached hydrogen (secondary N) is 1. The number of ether oxygens (including phenoxy) is 1. The van der Waals surface area contributed by atoms with Gasteiger partial charge in [0.1, 0.15) is 0 Å². The summed E-state index contributed by atoms with van der Waals surface area (Å²) in [6.07, 6.45) is 3.50. The number of fused-ring (bicyclic) bond motifs is 3. The summed E-state index contributed by atoms with van der Waals surface area (Å²) in [4.78, 5) is 0. The minimum atomic E-state index is -4.32. The first-order valence-corrected chi connectivity index (χ1v) is 9.56. The van der Waals surface area contributed by atoms with Gasteiger partial charge in [0, 0.05) is 12.0 Å². The minimum absolute atomic E-state index is 0.0333. The van der Waals surface area contributed by atoms with Crippen LogP contribution in [-0.4, -0.2) is 18.7 Å². The van der Waals surface area contributed by atoms with Crippen LogP contribution in [0.2, 0.25) is 0 Å². The van der Waals surface area contributed by atoms with Crippen LogP contribution in [0.3, 0.4) is 0 Å². The highest BCUT2D eigenvalue weighted by Gasteiger charge is 2.42. The Morgan fingerprint density at radius 2 is 2.00 bits per heavy atom. The maximum Gasteiger partial charge on any atom is 0.416 e. The van der Waals surface area contributed by atoms with Crippen LogP contribution in [0, 0.1) is 0 Å². The Balaban J connectivity index is 1.78. The molecule has 5 heteroatoms. The van der Waals surface area contributed by atoms with Crippen molar-refractivity contribution in [2.75, 3.05) is 6.54 Å². The van der Waals surface area contributed by atoms with E-state index in [0.29, 0.717) is 5.56 Å². The topological polar surface area (TPSA) is 21.3 Å². The molecule has 0 aromatic heterocycles. The van der Waals surface area contributed by atoms with Gasteiger partial charge < -0.3 is 10.1 Å². The van der Waals surface area contributed by atoms with Gasteiger partial charge in [-0.3, -0.25) is 0 Å². The maximum atomic E-state index is 13.3. The molecule has 1 fully saturated rings. The Bertz CT molecular complexity index is 573. The summed E-state index contributed by atoms with van der Waals surface area (Å²) in [6, 6.07) is 4.82. The highest BCUT2D eigenvalue weighted by Crippen LogP contribution is 2.44. The zero-order valence-electron chi connectivity index (χ0n) is 14.9. The van der Waals surface area contributed by atoms with Crippen LogP contribution >= 0.6 is 0 Å². The molecule has 3 atom stereocenters. The van der Waals surface area contributed by atoms with Gasteiger partial charge in [-0.2, -0.15) is 13.2 Å². The molecule has 3 rings (SSSR count). The van der Waals surface area contributed by atoms with Gasteiger partial charge in [0.2, 0.25) is 0 Å². The highest BCUT2D eigenvalue weighted by molar-refractivity contribution is 5.41. The van der Waals surface area contributed by atoms with Crippen LogP contribution in [0.25, 0.3) is 0 Å². The van der Waals surface area contributed by atoms with Gasteiger partial charge in [0.05, 0.1) is 18.3 Å². The number of rotatable bonds is 6. The smallest absolute Gasteiger partial charge is 0.373 e. The second-order valence-electron chi connectivity index (χ2n) is 7.30. The molecular formula is C20H28F3NO. The number of hydrogen-bond donors (Lipinski definition) is 1. The number of alkyl halides is 3. The number of unbranched alkanes of at least 4 members (excludes halogenated alkanes) is 3. The second-order valence-corrected chi connectivity index (χ2v) is 7.30. The summed E-state index contributed by atoms with van der Waals surface area (Å²) < 4.78 is 45.9. The monoisotopic (exact) mass is 355 g/mol. The lowest BCUT2D eigenvalue weighted by atomic mass is 9.74. The van der Waals surface area contributed by atoms with E-state index in [4.69, 9.17) is 4.74 Å². The van der Waals surface area contributed by atoms with E-state index >= 15 is 0 Å². The lowest BCUT2D eigenvalue weighted by molar-refractivity contribution is -0.140. The average molecular weight is 355 g/mol. The molecule has 1 aromatic carbocycles. The Morgan fingerprint density at radius 1 is 1.16 bits per heavy atom.